The van der Waals surface area contributed by atoms with Crippen molar-refractivity contribution >= 4 is 76.9 Å². The zero-order valence-electron chi connectivity index (χ0n) is 28.9. The van der Waals surface area contributed by atoms with E-state index in [9.17, 15) is 0 Å². The minimum absolute atomic E-state index is 0.184. The molecule has 0 radical (unpaired) electrons. The number of aryl methyl sites for hydroxylation is 2. The summed E-state index contributed by atoms with van der Waals surface area (Å²) in [7, 11) is 0. The van der Waals surface area contributed by atoms with E-state index in [-0.39, 0.29) is 6.04 Å². The molecular weight excluding hydrogens is 653 g/mol. The number of thiophene rings is 1. The molecule has 0 fully saturated rings. The van der Waals surface area contributed by atoms with Crippen LogP contribution in [-0.2, 0) is 12.8 Å². The first-order chi connectivity index (χ1) is 25.8. The van der Waals surface area contributed by atoms with Crippen molar-refractivity contribution in [1.82, 2.24) is 4.98 Å². The van der Waals surface area contributed by atoms with Crippen molar-refractivity contribution in [3.05, 3.63) is 156 Å². The van der Waals surface area contributed by atoms with Gasteiger partial charge in [-0.3, -0.25) is 0 Å². The number of aromatic amines is 1. The molecule has 4 aliphatic carbocycles. The van der Waals surface area contributed by atoms with Crippen LogP contribution in [0.25, 0.3) is 65.3 Å². The van der Waals surface area contributed by atoms with Crippen molar-refractivity contribution in [2.75, 3.05) is 4.90 Å². The maximum absolute atomic E-state index is 6.52. The quantitative estimate of drug-likeness (QED) is 0.195. The second-order valence-electron chi connectivity index (χ2n) is 14.6. The average Bonchev–Trinajstić information content (AvgIpc) is 3.90. The molecule has 4 heteroatoms. The molecule has 7 aromatic rings. The molecular formula is C48H38N2OS. The Balaban J connectivity index is 1.05. The van der Waals surface area contributed by atoms with E-state index in [0.29, 0.717) is 5.92 Å². The van der Waals surface area contributed by atoms with Gasteiger partial charge in [-0.2, -0.15) is 0 Å². The minimum atomic E-state index is 0.184. The fraction of sp³-hybridized carbons (Fsp3) is 0.167. The predicted octanol–water partition coefficient (Wildman–Crippen LogP) is 13.4. The Morgan fingerprint density at radius 1 is 0.712 bits per heavy atom. The first-order valence-electron chi connectivity index (χ1n) is 18.8. The number of hydrogen-bond acceptors (Lipinski definition) is 3. The first kappa shape index (κ1) is 30.1. The fourth-order valence-corrected chi connectivity index (χ4v) is 10.4. The number of furan rings is 1. The smallest absolute Gasteiger partial charge is 0.142 e. The van der Waals surface area contributed by atoms with Crippen LogP contribution in [0.5, 0.6) is 0 Å². The highest BCUT2D eigenvalue weighted by atomic mass is 32.1. The van der Waals surface area contributed by atoms with Crippen molar-refractivity contribution in [1.29, 1.82) is 0 Å². The summed E-state index contributed by atoms with van der Waals surface area (Å²) in [5.41, 5.74) is 12.4. The van der Waals surface area contributed by atoms with Crippen LogP contribution in [0.2, 0.25) is 0 Å². The molecule has 252 valence electrons. The van der Waals surface area contributed by atoms with E-state index < -0.39 is 0 Å². The summed E-state index contributed by atoms with van der Waals surface area (Å²) in [4.78, 5) is 6.34. The molecule has 3 nitrogen and oxygen atoms in total. The number of anilines is 2. The summed E-state index contributed by atoms with van der Waals surface area (Å²) < 4.78 is 9.24. The largest absolute Gasteiger partial charge is 0.460 e. The Morgan fingerprint density at radius 2 is 1.56 bits per heavy atom. The van der Waals surface area contributed by atoms with E-state index in [1.54, 1.807) is 0 Å². The SMILES string of the molecule is C1=CCC(C2=CCC(N(c3ccc(-c4cccc5c6c(oc45)CCC=C6)cc3)c3cccc4c3sc3c4ccc4[nH]c5c(c43)C=CCC5)C=C2)C=C1. The van der Waals surface area contributed by atoms with Gasteiger partial charge in [-0.05, 0) is 67.5 Å². The summed E-state index contributed by atoms with van der Waals surface area (Å²) in [6.07, 6.45) is 31.6. The van der Waals surface area contributed by atoms with Crippen LogP contribution in [0.3, 0.4) is 0 Å². The summed E-state index contributed by atoms with van der Waals surface area (Å²) in [5, 5.41) is 5.24. The number of fused-ring (bicyclic) bond motifs is 10. The van der Waals surface area contributed by atoms with Crippen LogP contribution in [-0.4, -0.2) is 11.0 Å². The van der Waals surface area contributed by atoms with Crippen molar-refractivity contribution in [3.8, 4) is 11.1 Å². The van der Waals surface area contributed by atoms with E-state index in [1.165, 1.54) is 75.8 Å². The lowest BCUT2D eigenvalue weighted by Gasteiger charge is -2.34. The summed E-state index contributed by atoms with van der Waals surface area (Å²) in [6, 6.07) is 27.5. The summed E-state index contributed by atoms with van der Waals surface area (Å²) >= 11 is 1.95. The van der Waals surface area contributed by atoms with Crippen molar-refractivity contribution in [3.63, 3.8) is 0 Å². The van der Waals surface area contributed by atoms with Crippen molar-refractivity contribution in [2.24, 2.45) is 5.92 Å². The molecule has 0 saturated carbocycles. The number of allylic oxidation sites excluding steroid dienone is 8. The maximum atomic E-state index is 6.52. The van der Waals surface area contributed by atoms with Gasteiger partial charge in [0.1, 0.15) is 11.3 Å². The topological polar surface area (TPSA) is 32.2 Å². The number of nitrogens with one attached hydrogen (secondary N) is 1. The van der Waals surface area contributed by atoms with Gasteiger partial charge in [0.25, 0.3) is 0 Å². The molecule has 0 bridgehead atoms. The molecule has 52 heavy (non-hydrogen) atoms. The van der Waals surface area contributed by atoms with Gasteiger partial charge in [0, 0.05) is 72.2 Å². The normalized spacial score (nSPS) is 19.2. The lowest BCUT2D eigenvalue weighted by molar-refractivity contribution is 0.547. The zero-order chi connectivity index (χ0) is 34.2. The third-order valence-corrected chi connectivity index (χ3v) is 12.8. The molecule has 2 unspecified atom stereocenters. The third kappa shape index (κ3) is 4.70. The van der Waals surface area contributed by atoms with E-state index in [1.807, 2.05) is 11.3 Å². The van der Waals surface area contributed by atoms with Gasteiger partial charge in [-0.1, -0.05) is 115 Å². The molecule has 4 aromatic carbocycles. The Hall–Kier alpha value is -5.58. The van der Waals surface area contributed by atoms with Crippen LogP contribution >= 0.6 is 11.3 Å². The summed E-state index contributed by atoms with van der Waals surface area (Å²) in [5.74, 6) is 1.56. The Labute approximate surface area is 307 Å². The second-order valence-corrected chi connectivity index (χ2v) is 15.6. The van der Waals surface area contributed by atoms with E-state index in [0.717, 1.165) is 55.4 Å². The molecule has 1 N–H and O–H groups in total. The van der Waals surface area contributed by atoms with Crippen molar-refractivity contribution in [2.45, 2.75) is 44.6 Å². The lowest BCUT2D eigenvalue weighted by atomic mass is 9.87. The number of H-pyrrole nitrogens is 1. The highest BCUT2D eigenvalue weighted by Gasteiger charge is 2.26. The summed E-state index contributed by atoms with van der Waals surface area (Å²) in [6.45, 7) is 0. The Kier molecular flexibility index (Phi) is 6.94. The second kappa shape index (κ2) is 12.0. The van der Waals surface area contributed by atoms with Gasteiger partial charge < -0.3 is 14.3 Å². The van der Waals surface area contributed by atoms with Gasteiger partial charge in [0.05, 0.1) is 16.4 Å². The molecule has 2 atom stereocenters. The molecule has 0 spiro atoms. The number of hydrogen-bond donors (Lipinski definition) is 1. The zero-order valence-corrected chi connectivity index (χ0v) is 29.8. The molecule has 0 saturated heterocycles. The highest BCUT2D eigenvalue weighted by molar-refractivity contribution is 7.27. The van der Waals surface area contributed by atoms with Gasteiger partial charge in [-0.25, -0.2) is 0 Å². The lowest BCUT2D eigenvalue weighted by Crippen LogP contribution is -2.30. The Bertz CT molecular complexity index is 2760. The van der Waals surface area contributed by atoms with Crippen LogP contribution in [0.1, 0.15) is 48.3 Å². The van der Waals surface area contributed by atoms with E-state index in [4.69, 9.17) is 4.42 Å². The molecule has 11 rings (SSSR count). The highest BCUT2D eigenvalue weighted by Crippen LogP contribution is 2.47. The third-order valence-electron chi connectivity index (χ3n) is 11.6. The van der Waals surface area contributed by atoms with Gasteiger partial charge >= 0.3 is 0 Å². The van der Waals surface area contributed by atoms with Crippen LogP contribution in [0.15, 0.2) is 137 Å². The minimum Gasteiger partial charge on any atom is -0.460 e. The molecule has 0 aliphatic heterocycles. The monoisotopic (exact) mass is 690 g/mol. The van der Waals surface area contributed by atoms with E-state index >= 15 is 0 Å². The number of aromatic nitrogens is 1. The number of nitrogens with zero attached hydrogens (tertiary/aromatic N) is 1. The average molecular weight is 691 g/mol. The Morgan fingerprint density at radius 3 is 2.42 bits per heavy atom. The van der Waals surface area contributed by atoms with Gasteiger partial charge in [0.15, 0.2) is 0 Å². The van der Waals surface area contributed by atoms with Crippen LogP contribution < -0.4 is 4.90 Å². The number of benzene rings is 4. The molecule has 0 amide bonds. The predicted molar refractivity (Wildman–Crippen MR) is 222 cm³/mol. The maximum Gasteiger partial charge on any atom is 0.142 e. The van der Waals surface area contributed by atoms with Gasteiger partial charge in [0.2, 0.25) is 0 Å². The van der Waals surface area contributed by atoms with Gasteiger partial charge in [-0.15, -0.1) is 11.3 Å². The van der Waals surface area contributed by atoms with Crippen LogP contribution in [0, 0.1) is 5.92 Å². The van der Waals surface area contributed by atoms with Crippen molar-refractivity contribution < 1.29 is 4.42 Å². The fourth-order valence-electron chi connectivity index (χ4n) is 9.03. The molecule has 3 aromatic heterocycles. The van der Waals surface area contributed by atoms with Crippen LogP contribution in [0.4, 0.5) is 11.4 Å². The number of rotatable bonds is 5. The van der Waals surface area contributed by atoms with E-state index in [2.05, 4.69) is 150 Å². The standard InChI is InChI=1S/C48H38N2OS/c1-2-10-30(11-3-1)31-20-24-33(25-21-31)50(34-26-22-32(23-27-34)35-14-8-15-37-36-12-5-7-19-44(36)51-46(35)37)43-18-9-16-38-39-28-29-42-45(48(39)52-47(38)43)40-13-4-6-17-41(40)49-42/h1-5,8-10,12-16,18,20-24,26-30,33,49H,6-7,11,17,19,25H2. The first-order valence-corrected chi connectivity index (χ1v) is 19.6. The molecule has 3 heterocycles. The number of para-hydroxylation sites is 1. The molecule has 4 aliphatic rings.